The van der Waals surface area contributed by atoms with Gasteiger partial charge in [0.05, 0.1) is 0 Å². The van der Waals surface area contributed by atoms with Crippen molar-refractivity contribution in [2.75, 3.05) is 11.9 Å². The Kier molecular flexibility index (Phi) is 4.86. The zero-order chi connectivity index (χ0) is 14.7. The van der Waals surface area contributed by atoms with Crippen LogP contribution in [0.15, 0.2) is 42.5 Å². The summed E-state index contributed by atoms with van der Waals surface area (Å²) in [7, 11) is 1.99. The van der Waals surface area contributed by atoms with E-state index in [1.165, 1.54) is 0 Å². The van der Waals surface area contributed by atoms with Gasteiger partial charge in [-0.1, -0.05) is 53.6 Å². The van der Waals surface area contributed by atoms with Gasteiger partial charge in [0.25, 0.3) is 0 Å². The molecule has 20 heavy (non-hydrogen) atoms. The van der Waals surface area contributed by atoms with Crippen molar-refractivity contribution in [3.8, 4) is 0 Å². The Morgan fingerprint density at radius 3 is 2.60 bits per heavy atom. The molecule has 2 nitrogen and oxygen atoms in total. The molecule has 104 valence electrons. The summed E-state index contributed by atoms with van der Waals surface area (Å²) in [6, 6.07) is 13.3. The van der Waals surface area contributed by atoms with E-state index in [4.69, 9.17) is 41.2 Å². The average Bonchev–Trinajstić information content (AvgIpc) is 2.42. The lowest BCUT2D eigenvalue weighted by atomic mass is 10.1. The van der Waals surface area contributed by atoms with Crippen molar-refractivity contribution in [3.63, 3.8) is 0 Å². The third-order valence-corrected chi connectivity index (χ3v) is 3.82. The SMILES string of the molecule is CN(Cc1ccc(Cl)cc1Cl)c1cccc(C(N)=S)c1. The summed E-state index contributed by atoms with van der Waals surface area (Å²) < 4.78 is 0. The van der Waals surface area contributed by atoms with E-state index in [1.54, 1.807) is 6.07 Å². The van der Waals surface area contributed by atoms with Crippen LogP contribution in [0.4, 0.5) is 5.69 Å². The maximum Gasteiger partial charge on any atom is 0.104 e. The largest absolute Gasteiger partial charge is 0.389 e. The summed E-state index contributed by atoms with van der Waals surface area (Å²) in [5.74, 6) is 0. The van der Waals surface area contributed by atoms with Crippen molar-refractivity contribution >= 4 is 46.1 Å². The molecule has 2 N–H and O–H groups in total. The standard InChI is InChI=1S/C15H14Cl2N2S/c1-19(9-11-5-6-12(16)8-14(11)17)13-4-2-3-10(7-13)15(18)20/h2-8H,9H2,1H3,(H2,18,20). The molecule has 0 spiro atoms. The summed E-state index contributed by atoms with van der Waals surface area (Å²) in [4.78, 5) is 2.47. The van der Waals surface area contributed by atoms with Gasteiger partial charge in [0.2, 0.25) is 0 Å². The molecule has 2 rings (SSSR count). The minimum Gasteiger partial charge on any atom is -0.389 e. The van der Waals surface area contributed by atoms with Gasteiger partial charge in [0.15, 0.2) is 0 Å². The topological polar surface area (TPSA) is 29.3 Å². The van der Waals surface area contributed by atoms with Gasteiger partial charge in [-0.2, -0.15) is 0 Å². The van der Waals surface area contributed by atoms with Crippen LogP contribution in [0.2, 0.25) is 10.0 Å². The van der Waals surface area contributed by atoms with Gasteiger partial charge in [-0.25, -0.2) is 0 Å². The molecule has 0 aliphatic rings. The number of halogens is 2. The maximum atomic E-state index is 6.19. The zero-order valence-electron chi connectivity index (χ0n) is 10.9. The van der Waals surface area contributed by atoms with Gasteiger partial charge in [-0.05, 0) is 29.8 Å². The van der Waals surface area contributed by atoms with Crippen LogP contribution in [0.5, 0.6) is 0 Å². The molecule has 0 bridgehead atoms. The Balaban J connectivity index is 2.21. The lowest BCUT2D eigenvalue weighted by Crippen LogP contribution is -2.18. The number of nitrogens with zero attached hydrogens (tertiary/aromatic N) is 1. The van der Waals surface area contributed by atoms with Crippen LogP contribution >= 0.6 is 35.4 Å². The molecular formula is C15H14Cl2N2S. The lowest BCUT2D eigenvalue weighted by Gasteiger charge is -2.20. The molecule has 0 saturated carbocycles. The Labute approximate surface area is 134 Å². The van der Waals surface area contributed by atoms with E-state index in [2.05, 4.69) is 4.90 Å². The number of thiocarbonyl (C=S) groups is 1. The molecule has 2 aromatic rings. The van der Waals surface area contributed by atoms with Crippen LogP contribution in [-0.4, -0.2) is 12.0 Å². The number of hydrogen-bond donors (Lipinski definition) is 1. The van der Waals surface area contributed by atoms with E-state index in [-0.39, 0.29) is 0 Å². The predicted molar refractivity (Wildman–Crippen MR) is 90.9 cm³/mol. The first-order valence-electron chi connectivity index (χ1n) is 6.02. The highest BCUT2D eigenvalue weighted by Crippen LogP contribution is 2.24. The quantitative estimate of drug-likeness (QED) is 0.852. The molecule has 0 atom stereocenters. The number of rotatable bonds is 4. The zero-order valence-corrected chi connectivity index (χ0v) is 13.3. The van der Waals surface area contributed by atoms with E-state index in [0.717, 1.165) is 16.8 Å². The highest BCUT2D eigenvalue weighted by atomic mass is 35.5. The molecule has 0 aromatic heterocycles. The number of nitrogens with two attached hydrogens (primary N) is 1. The Hall–Kier alpha value is -1.29. The fourth-order valence-electron chi connectivity index (χ4n) is 1.89. The molecular weight excluding hydrogens is 311 g/mol. The average molecular weight is 325 g/mol. The third kappa shape index (κ3) is 3.63. The lowest BCUT2D eigenvalue weighted by molar-refractivity contribution is 0.923. The summed E-state index contributed by atoms with van der Waals surface area (Å²) in [6.07, 6.45) is 0. The Bertz CT molecular complexity index is 644. The normalized spacial score (nSPS) is 10.3. The van der Waals surface area contributed by atoms with Crippen molar-refractivity contribution in [1.82, 2.24) is 0 Å². The van der Waals surface area contributed by atoms with Crippen LogP contribution in [0, 0.1) is 0 Å². The van der Waals surface area contributed by atoms with Gasteiger partial charge in [0, 0.05) is 34.9 Å². The van der Waals surface area contributed by atoms with Crippen LogP contribution in [0.1, 0.15) is 11.1 Å². The van der Waals surface area contributed by atoms with Crippen molar-refractivity contribution in [2.45, 2.75) is 6.54 Å². The van der Waals surface area contributed by atoms with E-state index >= 15 is 0 Å². The minimum absolute atomic E-state index is 0.393. The smallest absolute Gasteiger partial charge is 0.104 e. The van der Waals surface area contributed by atoms with Crippen molar-refractivity contribution in [1.29, 1.82) is 0 Å². The number of benzene rings is 2. The highest BCUT2D eigenvalue weighted by molar-refractivity contribution is 7.80. The van der Waals surface area contributed by atoms with Crippen LogP contribution in [0.25, 0.3) is 0 Å². The first kappa shape index (κ1) is 15.1. The number of hydrogen-bond acceptors (Lipinski definition) is 2. The number of anilines is 1. The summed E-state index contributed by atoms with van der Waals surface area (Å²) in [5.41, 5.74) is 8.55. The first-order chi connectivity index (χ1) is 9.47. The second-order valence-electron chi connectivity index (χ2n) is 4.51. The summed E-state index contributed by atoms with van der Waals surface area (Å²) >= 11 is 17.1. The molecule has 0 unspecified atom stereocenters. The van der Waals surface area contributed by atoms with Gasteiger partial charge in [-0.15, -0.1) is 0 Å². The predicted octanol–water partition coefficient (Wildman–Crippen LogP) is 4.26. The molecule has 0 saturated heterocycles. The third-order valence-electron chi connectivity index (χ3n) is 2.99. The molecule has 5 heteroatoms. The molecule has 0 aliphatic carbocycles. The minimum atomic E-state index is 0.393. The fourth-order valence-corrected chi connectivity index (χ4v) is 2.49. The van der Waals surface area contributed by atoms with Crippen LogP contribution < -0.4 is 10.6 Å². The van der Waals surface area contributed by atoms with E-state index in [9.17, 15) is 0 Å². The Morgan fingerprint density at radius 1 is 1.20 bits per heavy atom. The van der Waals surface area contributed by atoms with Gasteiger partial charge >= 0.3 is 0 Å². The summed E-state index contributed by atoms with van der Waals surface area (Å²) in [5, 5.41) is 1.30. The van der Waals surface area contributed by atoms with Gasteiger partial charge in [-0.3, -0.25) is 0 Å². The Morgan fingerprint density at radius 2 is 1.95 bits per heavy atom. The first-order valence-corrected chi connectivity index (χ1v) is 7.18. The van der Waals surface area contributed by atoms with Gasteiger partial charge in [0.1, 0.15) is 4.99 Å². The van der Waals surface area contributed by atoms with Crippen molar-refractivity contribution in [2.24, 2.45) is 5.73 Å². The van der Waals surface area contributed by atoms with Crippen LogP contribution in [0.3, 0.4) is 0 Å². The van der Waals surface area contributed by atoms with E-state index in [0.29, 0.717) is 21.6 Å². The summed E-state index contributed by atoms with van der Waals surface area (Å²) in [6.45, 7) is 0.677. The van der Waals surface area contributed by atoms with E-state index < -0.39 is 0 Å². The highest BCUT2D eigenvalue weighted by Gasteiger charge is 2.07. The molecule has 0 fully saturated rings. The molecule has 0 heterocycles. The van der Waals surface area contributed by atoms with Crippen molar-refractivity contribution in [3.05, 3.63) is 63.6 Å². The molecule has 0 aliphatic heterocycles. The molecule has 2 aromatic carbocycles. The molecule has 0 amide bonds. The maximum absolute atomic E-state index is 6.19. The van der Waals surface area contributed by atoms with Gasteiger partial charge < -0.3 is 10.6 Å². The molecule has 0 radical (unpaired) electrons. The second kappa shape index (κ2) is 6.44. The van der Waals surface area contributed by atoms with Crippen LogP contribution in [-0.2, 0) is 6.54 Å². The second-order valence-corrected chi connectivity index (χ2v) is 5.79. The monoisotopic (exact) mass is 324 g/mol. The fraction of sp³-hybridized carbons (Fsp3) is 0.133. The van der Waals surface area contributed by atoms with E-state index in [1.807, 2.05) is 43.4 Å². The van der Waals surface area contributed by atoms with Crippen molar-refractivity contribution < 1.29 is 0 Å².